The van der Waals surface area contributed by atoms with Gasteiger partial charge in [-0.2, -0.15) is 10.1 Å². The fourth-order valence-electron chi connectivity index (χ4n) is 4.09. The molecule has 0 saturated carbocycles. The number of benzene rings is 3. The first-order valence-corrected chi connectivity index (χ1v) is 12.7. The van der Waals surface area contributed by atoms with Crippen LogP contribution in [-0.2, 0) is 9.59 Å². The fraction of sp³-hybridized carbons (Fsp3) is 0.185. The van der Waals surface area contributed by atoms with Crippen LogP contribution < -0.4 is 5.32 Å². The van der Waals surface area contributed by atoms with Gasteiger partial charge in [0.05, 0.1) is 11.8 Å². The number of rotatable bonds is 5. The molecule has 0 aliphatic carbocycles. The molecule has 0 aromatic heterocycles. The highest BCUT2D eigenvalue weighted by atomic mass is 35.5. The van der Waals surface area contributed by atoms with Crippen LogP contribution in [0.4, 0.5) is 10.1 Å². The molecule has 2 aliphatic heterocycles. The Balaban J connectivity index is 1.33. The second-order valence-corrected chi connectivity index (χ2v) is 10.2. The number of anilines is 1. The molecule has 2 aliphatic rings. The predicted octanol–water partition coefficient (Wildman–Crippen LogP) is 5.97. The summed E-state index contributed by atoms with van der Waals surface area (Å²) in [4.78, 5) is 29.6. The van der Waals surface area contributed by atoms with Gasteiger partial charge < -0.3 is 5.32 Å². The van der Waals surface area contributed by atoms with Gasteiger partial charge in [0.1, 0.15) is 11.1 Å². The van der Waals surface area contributed by atoms with E-state index in [-0.39, 0.29) is 30.1 Å². The summed E-state index contributed by atoms with van der Waals surface area (Å²) in [5.74, 6) is -1.01. The van der Waals surface area contributed by atoms with Gasteiger partial charge >= 0.3 is 0 Å². The van der Waals surface area contributed by atoms with Crippen molar-refractivity contribution in [1.82, 2.24) is 5.01 Å². The largest absolute Gasteiger partial charge is 0.326 e. The Hall–Kier alpha value is -3.49. The molecule has 5 rings (SSSR count). The number of nitrogens with one attached hydrogen (secondary N) is 1. The number of hydrazone groups is 1. The highest BCUT2D eigenvalue weighted by Crippen LogP contribution is 2.38. The molecule has 0 unspecified atom stereocenters. The SMILES string of the molecule is Cc1ccc(NC(=O)C[C@H]2SC(N3N=C(c4ccccc4)C[C@H]3c3ccc(F)cc3)=NC2=O)cc1Cl. The van der Waals surface area contributed by atoms with Gasteiger partial charge in [0.25, 0.3) is 5.91 Å². The van der Waals surface area contributed by atoms with Gasteiger partial charge in [-0.15, -0.1) is 0 Å². The lowest BCUT2D eigenvalue weighted by atomic mass is 9.99. The number of carbonyl (C=O) groups is 2. The molecule has 0 fully saturated rings. The number of halogens is 2. The summed E-state index contributed by atoms with van der Waals surface area (Å²) in [5, 5.41) is 9.62. The van der Waals surface area contributed by atoms with E-state index in [4.69, 9.17) is 16.7 Å². The minimum absolute atomic E-state index is 0.0354. The third-order valence-corrected chi connectivity index (χ3v) is 7.57. The molecule has 182 valence electrons. The van der Waals surface area contributed by atoms with Crippen molar-refractivity contribution in [3.63, 3.8) is 0 Å². The summed E-state index contributed by atoms with van der Waals surface area (Å²) in [6, 6.07) is 21.0. The van der Waals surface area contributed by atoms with Crippen molar-refractivity contribution in [3.05, 3.63) is 100 Å². The molecule has 0 spiro atoms. The molecule has 3 aromatic carbocycles. The van der Waals surface area contributed by atoms with E-state index in [9.17, 15) is 14.0 Å². The number of amides is 2. The predicted molar refractivity (Wildman–Crippen MR) is 142 cm³/mol. The van der Waals surface area contributed by atoms with E-state index in [1.807, 2.05) is 43.3 Å². The summed E-state index contributed by atoms with van der Waals surface area (Å²) in [5.41, 5.74) is 4.15. The van der Waals surface area contributed by atoms with E-state index < -0.39 is 5.25 Å². The number of amidine groups is 1. The van der Waals surface area contributed by atoms with E-state index in [0.29, 0.717) is 22.3 Å². The van der Waals surface area contributed by atoms with Crippen molar-refractivity contribution in [3.8, 4) is 0 Å². The molecular weight excluding hydrogens is 499 g/mol. The molecule has 6 nitrogen and oxygen atoms in total. The van der Waals surface area contributed by atoms with Crippen molar-refractivity contribution in [2.24, 2.45) is 10.1 Å². The Morgan fingerprint density at radius 1 is 1.14 bits per heavy atom. The molecular formula is C27H22ClFN4O2S. The molecule has 1 N–H and O–H groups in total. The topological polar surface area (TPSA) is 74.1 Å². The zero-order valence-electron chi connectivity index (χ0n) is 19.3. The Bertz CT molecular complexity index is 1380. The number of hydrogen-bond acceptors (Lipinski definition) is 5. The Kier molecular flexibility index (Phi) is 6.89. The molecule has 0 bridgehead atoms. The maximum absolute atomic E-state index is 13.6. The van der Waals surface area contributed by atoms with Crippen LogP contribution in [0.1, 0.15) is 35.6 Å². The Labute approximate surface area is 217 Å². The monoisotopic (exact) mass is 520 g/mol. The summed E-state index contributed by atoms with van der Waals surface area (Å²) in [6.45, 7) is 1.88. The number of aryl methyl sites for hydroxylation is 1. The van der Waals surface area contributed by atoms with Crippen molar-refractivity contribution >= 4 is 51.7 Å². The molecule has 2 amide bonds. The van der Waals surface area contributed by atoms with Crippen molar-refractivity contribution in [2.45, 2.75) is 31.1 Å². The number of aliphatic imine (C=N–C) groups is 1. The Morgan fingerprint density at radius 3 is 2.61 bits per heavy atom. The number of thioether (sulfide) groups is 1. The molecule has 36 heavy (non-hydrogen) atoms. The van der Waals surface area contributed by atoms with E-state index in [1.54, 1.807) is 29.3 Å². The molecule has 0 radical (unpaired) electrons. The molecule has 2 heterocycles. The lowest BCUT2D eigenvalue weighted by molar-refractivity contribution is -0.121. The van der Waals surface area contributed by atoms with Crippen LogP contribution in [0.5, 0.6) is 0 Å². The van der Waals surface area contributed by atoms with E-state index >= 15 is 0 Å². The molecule has 3 aromatic rings. The maximum Gasteiger partial charge on any atom is 0.262 e. The quantitative estimate of drug-likeness (QED) is 0.450. The van der Waals surface area contributed by atoms with Gasteiger partial charge in [-0.25, -0.2) is 9.40 Å². The van der Waals surface area contributed by atoms with Gasteiger partial charge in [-0.05, 0) is 47.9 Å². The summed E-state index contributed by atoms with van der Waals surface area (Å²) >= 11 is 7.36. The van der Waals surface area contributed by atoms with E-state index in [0.717, 1.165) is 22.4 Å². The first-order chi connectivity index (χ1) is 17.4. The van der Waals surface area contributed by atoms with Crippen LogP contribution >= 0.6 is 23.4 Å². The minimum atomic E-state index is -0.661. The van der Waals surface area contributed by atoms with Crippen molar-refractivity contribution < 1.29 is 14.0 Å². The zero-order chi connectivity index (χ0) is 25.2. The van der Waals surface area contributed by atoms with Gasteiger partial charge in [0.15, 0.2) is 5.17 Å². The van der Waals surface area contributed by atoms with Crippen LogP contribution in [0.2, 0.25) is 5.02 Å². The van der Waals surface area contributed by atoms with Crippen LogP contribution in [0.25, 0.3) is 0 Å². The van der Waals surface area contributed by atoms with Crippen LogP contribution in [0.3, 0.4) is 0 Å². The normalized spacial score (nSPS) is 19.3. The molecule has 9 heteroatoms. The fourth-order valence-corrected chi connectivity index (χ4v) is 5.33. The average molecular weight is 521 g/mol. The lowest BCUT2D eigenvalue weighted by Crippen LogP contribution is -2.25. The number of hydrogen-bond donors (Lipinski definition) is 1. The van der Waals surface area contributed by atoms with Crippen molar-refractivity contribution in [1.29, 1.82) is 0 Å². The number of carbonyl (C=O) groups excluding carboxylic acids is 2. The van der Waals surface area contributed by atoms with Crippen molar-refractivity contribution in [2.75, 3.05) is 5.32 Å². The second-order valence-electron chi connectivity index (χ2n) is 8.58. The third-order valence-electron chi connectivity index (χ3n) is 6.02. The maximum atomic E-state index is 13.6. The highest BCUT2D eigenvalue weighted by Gasteiger charge is 2.39. The zero-order valence-corrected chi connectivity index (χ0v) is 20.9. The number of nitrogens with zero attached hydrogens (tertiary/aromatic N) is 3. The van der Waals surface area contributed by atoms with Gasteiger partial charge in [0, 0.05) is 23.6 Å². The van der Waals surface area contributed by atoms with Gasteiger partial charge in [-0.1, -0.05) is 71.9 Å². The minimum Gasteiger partial charge on any atom is -0.326 e. The molecule has 2 atom stereocenters. The van der Waals surface area contributed by atoms with Gasteiger partial charge in [0.2, 0.25) is 5.91 Å². The van der Waals surface area contributed by atoms with E-state index in [2.05, 4.69) is 10.3 Å². The molecule has 0 saturated heterocycles. The lowest BCUT2D eigenvalue weighted by Gasteiger charge is -2.23. The van der Waals surface area contributed by atoms with Crippen LogP contribution in [0.15, 0.2) is 82.9 Å². The summed E-state index contributed by atoms with van der Waals surface area (Å²) in [7, 11) is 0. The Morgan fingerprint density at radius 2 is 1.89 bits per heavy atom. The standard InChI is InChI=1S/C27H22ClFN4O2S/c1-16-7-12-20(13-21(16)28)30-25(34)15-24-26(35)31-27(36-24)33-23(18-8-10-19(29)11-9-18)14-22(32-33)17-5-3-2-4-6-17/h2-13,23-24H,14-15H2,1H3,(H,30,34)/t23-,24+/m0/s1. The first kappa shape index (κ1) is 24.2. The summed E-state index contributed by atoms with van der Waals surface area (Å²) in [6.07, 6.45) is 0.537. The van der Waals surface area contributed by atoms with Crippen LogP contribution in [0, 0.1) is 12.7 Å². The average Bonchev–Trinajstić information content (AvgIpc) is 3.46. The van der Waals surface area contributed by atoms with Crippen LogP contribution in [-0.4, -0.2) is 33.0 Å². The second kappa shape index (κ2) is 10.2. The smallest absolute Gasteiger partial charge is 0.262 e. The van der Waals surface area contributed by atoms with Gasteiger partial charge in [-0.3, -0.25) is 9.59 Å². The summed E-state index contributed by atoms with van der Waals surface area (Å²) < 4.78 is 13.6. The van der Waals surface area contributed by atoms with E-state index in [1.165, 1.54) is 23.9 Å². The first-order valence-electron chi connectivity index (χ1n) is 11.4. The third kappa shape index (κ3) is 5.20. The highest BCUT2D eigenvalue weighted by molar-refractivity contribution is 8.15.